The highest BCUT2D eigenvalue weighted by Gasteiger charge is 2.48. The summed E-state index contributed by atoms with van der Waals surface area (Å²) in [4.78, 5) is 24.4. The van der Waals surface area contributed by atoms with Crippen LogP contribution < -0.4 is 10.6 Å². The maximum absolute atomic E-state index is 12.2. The van der Waals surface area contributed by atoms with Crippen molar-refractivity contribution in [3.8, 4) is 0 Å². The van der Waals surface area contributed by atoms with E-state index in [-0.39, 0.29) is 23.7 Å². The number of rotatable bonds is 4. The highest BCUT2D eigenvalue weighted by atomic mass is 35.5. The van der Waals surface area contributed by atoms with Gasteiger partial charge in [-0.05, 0) is 48.9 Å². The van der Waals surface area contributed by atoms with Gasteiger partial charge in [0.25, 0.3) is 0 Å². The summed E-state index contributed by atoms with van der Waals surface area (Å²) in [6.07, 6.45) is 0.520. The van der Waals surface area contributed by atoms with Crippen molar-refractivity contribution in [3.63, 3.8) is 0 Å². The quantitative estimate of drug-likeness (QED) is 0.792. The first-order valence-corrected chi connectivity index (χ1v) is 8.40. The van der Waals surface area contributed by atoms with Gasteiger partial charge in [-0.1, -0.05) is 34.8 Å². The zero-order valence-corrected chi connectivity index (χ0v) is 14.6. The summed E-state index contributed by atoms with van der Waals surface area (Å²) in [5.41, 5.74) is 1.21. The number of carbonyl (C=O) groups excluding carboxylic acids is 2. The minimum Gasteiger partial charge on any atom is -0.326 e. The van der Waals surface area contributed by atoms with Crippen LogP contribution >= 0.6 is 34.8 Å². The Morgan fingerprint density at radius 3 is 1.92 bits per heavy atom. The van der Waals surface area contributed by atoms with E-state index in [2.05, 4.69) is 10.6 Å². The number of benzene rings is 2. The topological polar surface area (TPSA) is 58.2 Å². The molecule has 2 aromatic carbocycles. The number of carbonyl (C=O) groups is 2. The first-order valence-electron chi connectivity index (χ1n) is 7.26. The molecule has 7 heteroatoms. The monoisotopic (exact) mass is 382 g/mol. The van der Waals surface area contributed by atoms with E-state index in [9.17, 15) is 9.59 Å². The Morgan fingerprint density at radius 2 is 1.33 bits per heavy atom. The van der Waals surface area contributed by atoms with E-state index in [1.54, 1.807) is 42.5 Å². The van der Waals surface area contributed by atoms with Gasteiger partial charge < -0.3 is 10.6 Å². The molecule has 124 valence electrons. The molecule has 4 nitrogen and oxygen atoms in total. The van der Waals surface area contributed by atoms with Crippen molar-refractivity contribution in [3.05, 3.63) is 57.5 Å². The van der Waals surface area contributed by atoms with Gasteiger partial charge in [-0.15, -0.1) is 0 Å². The van der Waals surface area contributed by atoms with Crippen LogP contribution in [0.4, 0.5) is 11.4 Å². The van der Waals surface area contributed by atoms with Crippen LogP contribution in [0.1, 0.15) is 6.42 Å². The highest BCUT2D eigenvalue weighted by Crippen LogP contribution is 2.40. The average Bonchev–Trinajstić information content (AvgIpc) is 3.34. The van der Waals surface area contributed by atoms with Gasteiger partial charge in [0.2, 0.25) is 11.8 Å². The molecule has 2 atom stereocenters. The molecule has 0 saturated heterocycles. The lowest BCUT2D eigenvalue weighted by atomic mass is 10.2. The Kier molecular flexibility index (Phi) is 4.99. The molecule has 1 saturated carbocycles. The fourth-order valence-corrected chi connectivity index (χ4v) is 2.78. The summed E-state index contributed by atoms with van der Waals surface area (Å²) in [5, 5.41) is 6.91. The Morgan fingerprint density at radius 1 is 0.792 bits per heavy atom. The maximum atomic E-state index is 12.2. The Bertz CT molecular complexity index is 793. The standard InChI is InChI=1S/C17H13Cl3N2O2/c18-9-1-3-10(4-2-9)21-16(23)12-8-13(12)17(24)22-11-5-6-14(19)15(20)7-11/h1-7,12-13H,8H2,(H,21,23)(H,22,24). The number of anilines is 2. The fraction of sp³-hybridized carbons (Fsp3) is 0.176. The summed E-state index contributed by atoms with van der Waals surface area (Å²) < 4.78 is 0. The number of amides is 2. The van der Waals surface area contributed by atoms with Gasteiger partial charge >= 0.3 is 0 Å². The number of nitrogens with one attached hydrogen (secondary N) is 2. The fourth-order valence-electron chi connectivity index (χ4n) is 2.35. The molecule has 0 radical (unpaired) electrons. The van der Waals surface area contributed by atoms with Crippen molar-refractivity contribution < 1.29 is 9.59 Å². The Balaban J connectivity index is 1.55. The highest BCUT2D eigenvalue weighted by molar-refractivity contribution is 6.42. The number of hydrogen-bond acceptors (Lipinski definition) is 2. The largest absolute Gasteiger partial charge is 0.326 e. The van der Waals surface area contributed by atoms with Crippen LogP contribution in [0.5, 0.6) is 0 Å². The SMILES string of the molecule is O=C(Nc1ccc(Cl)cc1)C1CC1C(=O)Nc1ccc(Cl)c(Cl)c1. The van der Waals surface area contributed by atoms with E-state index >= 15 is 0 Å². The van der Waals surface area contributed by atoms with Gasteiger partial charge in [0.05, 0.1) is 21.9 Å². The summed E-state index contributed by atoms with van der Waals surface area (Å²) in [6, 6.07) is 11.7. The third-order valence-electron chi connectivity index (χ3n) is 3.76. The molecule has 0 bridgehead atoms. The van der Waals surface area contributed by atoms with Crippen LogP contribution in [0.3, 0.4) is 0 Å². The second-order valence-corrected chi connectivity index (χ2v) is 6.81. The molecule has 1 fully saturated rings. The van der Waals surface area contributed by atoms with Crippen molar-refractivity contribution in [1.29, 1.82) is 0 Å². The smallest absolute Gasteiger partial charge is 0.228 e. The normalized spacial score (nSPS) is 18.8. The molecule has 1 aliphatic carbocycles. The molecule has 0 aliphatic heterocycles. The first kappa shape index (κ1) is 17.1. The third kappa shape index (κ3) is 4.01. The minimum absolute atomic E-state index is 0.174. The molecule has 2 unspecified atom stereocenters. The molecule has 0 heterocycles. The van der Waals surface area contributed by atoms with E-state index in [1.165, 1.54) is 0 Å². The van der Waals surface area contributed by atoms with Crippen molar-refractivity contribution >= 4 is 58.0 Å². The molecule has 1 aliphatic rings. The van der Waals surface area contributed by atoms with Crippen LogP contribution in [-0.2, 0) is 9.59 Å². The molecule has 2 amide bonds. The van der Waals surface area contributed by atoms with Crippen molar-refractivity contribution in [1.82, 2.24) is 0 Å². The van der Waals surface area contributed by atoms with E-state index in [1.807, 2.05) is 0 Å². The lowest BCUT2D eigenvalue weighted by molar-refractivity contribution is -0.122. The van der Waals surface area contributed by atoms with E-state index in [0.717, 1.165) is 0 Å². The van der Waals surface area contributed by atoms with Gasteiger partial charge in [0, 0.05) is 16.4 Å². The first-order chi connectivity index (χ1) is 11.4. The number of halogens is 3. The molecule has 0 spiro atoms. The lowest BCUT2D eigenvalue weighted by Gasteiger charge is -2.07. The zero-order valence-electron chi connectivity index (χ0n) is 12.4. The van der Waals surface area contributed by atoms with Gasteiger partial charge in [-0.3, -0.25) is 9.59 Å². The van der Waals surface area contributed by atoms with Crippen LogP contribution in [0.25, 0.3) is 0 Å². The number of hydrogen-bond donors (Lipinski definition) is 2. The second kappa shape index (κ2) is 7.01. The maximum Gasteiger partial charge on any atom is 0.228 e. The lowest BCUT2D eigenvalue weighted by Crippen LogP contribution is -2.20. The van der Waals surface area contributed by atoms with Crippen molar-refractivity contribution in [2.24, 2.45) is 11.8 Å². The summed E-state index contributed by atoms with van der Waals surface area (Å²) in [5.74, 6) is -1.05. The van der Waals surface area contributed by atoms with Crippen LogP contribution in [0.15, 0.2) is 42.5 Å². The molecule has 24 heavy (non-hydrogen) atoms. The Hall–Kier alpha value is -1.75. The van der Waals surface area contributed by atoms with Crippen molar-refractivity contribution in [2.45, 2.75) is 6.42 Å². The van der Waals surface area contributed by atoms with Crippen molar-refractivity contribution in [2.75, 3.05) is 10.6 Å². The van der Waals surface area contributed by atoms with Crippen LogP contribution in [-0.4, -0.2) is 11.8 Å². The molecule has 2 N–H and O–H groups in total. The zero-order chi connectivity index (χ0) is 17.3. The molecular weight excluding hydrogens is 371 g/mol. The summed E-state index contributed by atoms with van der Waals surface area (Å²) in [6.45, 7) is 0. The predicted octanol–water partition coefficient (Wildman–Crippen LogP) is 4.86. The van der Waals surface area contributed by atoms with Gasteiger partial charge in [-0.2, -0.15) is 0 Å². The van der Waals surface area contributed by atoms with E-state index < -0.39 is 0 Å². The predicted molar refractivity (Wildman–Crippen MR) is 96.8 cm³/mol. The molecule has 2 aromatic rings. The van der Waals surface area contributed by atoms with Gasteiger partial charge in [0.1, 0.15) is 0 Å². The third-order valence-corrected chi connectivity index (χ3v) is 4.75. The van der Waals surface area contributed by atoms with E-state index in [4.69, 9.17) is 34.8 Å². The van der Waals surface area contributed by atoms with Crippen LogP contribution in [0.2, 0.25) is 15.1 Å². The minimum atomic E-state index is -0.341. The van der Waals surface area contributed by atoms with Crippen LogP contribution in [0, 0.1) is 11.8 Å². The summed E-state index contributed by atoms with van der Waals surface area (Å²) >= 11 is 17.6. The van der Waals surface area contributed by atoms with E-state index in [0.29, 0.717) is 32.9 Å². The van der Waals surface area contributed by atoms with Gasteiger partial charge in [0.15, 0.2) is 0 Å². The Labute approximate surface area is 154 Å². The second-order valence-electron chi connectivity index (χ2n) is 5.56. The molecule has 3 rings (SSSR count). The molecule has 0 aromatic heterocycles. The average molecular weight is 384 g/mol. The molecular formula is C17H13Cl3N2O2. The summed E-state index contributed by atoms with van der Waals surface area (Å²) in [7, 11) is 0. The van der Waals surface area contributed by atoms with Gasteiger partial charge in [-0.25, -0.2) is 0 Å².